The molecular formula is C10H21N3. The highest BCUT2D eigenvalue weighted by molar-refractivity contribution is 5.76. The molecule has 3 nitrogen and oxygen atoms in total. The smallest absolute Gasteiger partial charge is 0.0918 e. The van der Waals surface area contributed by atoms with E-state index < -0.39 is 0 Å². The molecule has 3 heteroatoms. The molecule has 1 rings (SSSR count). The Morgan fingerprint density at radius 3 is 2.92 bits per heavy atom. The van der Waals surface area contributed by atoms with Crippen LogP contribution in [0.3, 0.4) is 0 Å². The lowest BCUT2D eigenvalue weighted by molar-refractivity contribution is 0.219. The van der Waals surface area contributed by atoms with Crippen LogP contribution in [0.5, 0.6) is 0 Å². The summed E-state index contributed by atoms with van der Waals surface area (Å²) < 4.78 is 0. The molecule has 0 amide bonds. The first kappa shape index (κ1) is 10.5. The summed E-state index contributed by atoms with van der Waals surface area (Å²) in [7, 11) is 0. The first-order valence-electron chi connectivity index (χ1n) is 5.27. The summed E-state index contributed by atoms with van der Waals surface area (Å²) in [6.45, 7) is 4.44. The van der Waals surface area contributed by atoms with E-state index in [0.717, 1.165) is 13.0 Å². The number of rotatable bonds is 3. The fourth-order valence-electron chi connectivity index (χ4n) is 1.93. The van der Waals surface area contributed by atoms with Crippen LogP contribution in [0, 0.1) is 5.41 Å². The van der Waals surface area contributed by atoms with Gasteiger partial charge in [-0.3, -0.25) is 5.41 Å². The Bertz CT molecular complexity index is 168. The van der Waals surface area contributed by atoms with Gasteiger partial charge >= 0.3 is 0 Å². The Kier molecular flexibility index (Phi) is 4.22. The Morgan fingerprint density at radius 2 is 2.23 bits per heavy atom. The lowest BCUT2D eigenvalue weighted by Crippen LogP contribution is -2.35. The van der Waals surface area contributed by atoms with Gasteiger partial charge in [-0.1, -0.05) is 12.8 Å². The summed E-state index contributed by atoms with van der Waals surface area (Å²) in [6.07, 6.45) is 6.06. The molecule has 1 saturated heterocycles. The Balaban J connectivity index is 2.31. The lowest BCUT2D eigenvalue weighted by Gasteiger charge is -2.26. The molecule has 0 spiro atoms. The standard InChI is InChI=1S/C10H21N3/c1-9-5-3-2-4-7-13(9)8-6-10(11)12/h9H,2-8H2,1H3,(H3,11,12). The lowest BCUT2D eigenvalue weighted by atomic mass is 10.1. The third kappa shape index (κ3) is 3.77. The molecule has 1 heterocycles. The van der Waals surface area contributed by atoms with E-state index in [0.29, 0.717) is 11.9 Å². The SMILES string of the molecule is CC1CCCCCN1CCC(=N)N. The number of hydrogen-bond acceptors (Lipinski definition) is 2. The molecule has 0 bridgehead atoms. The highest BCUT2D eigenvalue weighted by atomic mass is 15.1. The zero-order valence-corrected chi connectivity index (χ0v) is 8.55. The third-order valence-electron chi connectivity index (χ3n) is 2.86. The van der Waals surface area contributed by atoms with E-state index in [1.165, 1.54) is 32.2 Å². The third-order valence-corrected chi connectivity index (χ3v) is 2.86. The van der Waals surface area contributed by atoms with Crippen LogP contribution < -0.4 is 5.73 Å². The van der Waals surface area contributed by atoms with E-state index in [2.05, 4.69) is 11.8 Å². The van der Waals surface area contributed by atoms with Gasteiger partial charge in [0.15, 0.2) is 0 Å². The topological polar surface area (TPSA) is 53.1 Å². The fourth-order valence-corrected chi connectivity index (χ4v) is 1.93. The average Bonchev–Trinajstić information content (AvgIpc) is 2.27. The maximum Gasteiger partial charge on any atom is 0.0918 e. The van der Waals surface area contributed by atoms with Crippen LogP contribution in [0.25, 0.3) is 0 Å². The predicted octanol–water partition coefficient (Wildman–Crippen LogP) is 1.58. The maximum absolute atomic E-state index is 7.18. The van der Waals surface area contributed by atoms with E-state index in [4.69, 9.17) is 11.1 Å². The van der Waals surface area contributed by atoms with E-state index in [-0.39, 0.29) is 0 Å². The molecule has 1 fully saturated rings. The first-order chi connectivity index (χ1) is 6.20. The van der Waals surface area contributed by atoms with Gasteiger partial charge in [0, 0.05) is 19.0 Å². The molecule has 3 N–H and O–H groups in total. The first-order valence-corrected chi connectivity index (χ1v) is 5.27. The highest BCUT2D eigenvalue weighted by Crippen LogP contribution is 2.16. The second-order valence-corrected chi connectivity index (χ2v) is 4.01. The number of likely N-dealkylation sites (tertiary alicyclic amines) is 1. The van der Waals surface area contributed by atoms with Crippen molar-refractivity contribution in [3.63, 3.8) is 0 Å². The molecule has 1 atom stereocenters. The molecule has 0 aromatic heterocycles. The van der Waals surface area contributed by atoms with Crippen molar-refractivity contribution in [2.24, 2.45) is 5.73 Å². The van der Waals surface area contributed by atoms with Crippen LogP contribution in [0.1, 0.15) is 39.0 Å². The number of hydrogen-bond donors (Lipinski definition) is 2. The minimum Gasteiger partial charge on any atom is -0.388 e. The molecule has 0 aromatic carbocycles. The summed E-state index contributed by atoms with van der Waals surface area (Å²) in [5.41, 5.74) is 5.35. The van der Waals surface area contributed by atoms with Crippen molar-refractivity contribution in [2.45, 2.75) is 45.1 Å². The van der Waals surface area contributed by atoms with Crippen LogP contribution in [0.4, 0.5) is 0 Å². The van der Waals surface area contributed by atoms with Crippen molar-refractivity contribution in [3.05, 3.63) is 0 Å². The molecule has 0 aromatic rings. The zero-order valence-electron chi connectivity index (χ0n) is 8.55. The summed E-state index contributed by atoms with van der Waals surface area (Å²) >= 11 is 0. The molecule has 13 heavy (non-hydrogen) atoms. The molecule has 0 aliphatic carbocycles. The highest BCUT2D eigenvalue weighted by Gasteiger charge is 2.15. The molecule has 76 valence electrons. The maximum atomic E-state index is 7.18. The van der Waals surface area contributed by atoms with Crippen molar-refractivity contribution in [2.75, 3.05) is 13.1 Å². The summed E-state index contributed by atoms with van der Waals surface area (Å²) in [4.78, 5) is 2.47. The van der Waals surface area contributed by atoms with Gasteiger partial charge in [0.2, 0.25) is 0 Å². The van der Waals surface area contributed by atoms with Gasteiger partial charge in [-0.25, -0.2) is 0 Å². The Labute approximate surface area is 80.8 Å². The van der Waals surface area contributed by atoms with E-state index in [1.807, 2.05) is 0 Å². The van der Waals surface area contributed by atoms with E-state index in [1.54, 1.807) is 0 Å². The van der Waals surface area contributed by atoms with Crippen molar-refractivity contribution in [3.8, 4) is 0 Å². The van der Waals surface area contributed by atoms with Gasteiger partial charge < -0.3 is 10.6 Å². The molecule has 1 aliphatic heterocycles. The molecule has 0 saturated carbocycles. The van der Waals surface area contributed by atoms with Crippen LogP contribution in [0.15, 0.2) is 0 Å². The van der Waals surface area contributed by atoms with Gasteiger partial charge in [0.25, 0.3) is 0 Å². The number of nitrogens with zero attached hydrogens (tertiary/aromatic N) is 1. The monoisotopic (exact) mass is 183 g/mol. The molecule has 0 radical (unpaired) electrons. The Morgan fingerprint density at radius 1 is 1.46 bits per heavy atom. The normalized spacial score (nSPS) is 25.5. The second-order valence-electron chi connectivity index (χ2n) is 4.01. The van der Waals surface area contributed by atoms with Crippen LogP contribution >= 0.6 is 0 Å². The van der Waals surface area contributed by atoms with Gasteiger partial charge in [-0.15, -0.1) is 0 Å². The quantitative estimate of drug-likeness (QED) is 0.515. The van der Waals surface area contributed by atoms with Crippen LogP contribution in [-0.2, 0) is 0 Å². The minimum atomic E-state index is 0.316. The minimum absolute atomic E-state index is 0.316. The fraction of sp³-hybridized carbons (Fsp3) is 0.900. The number of nitrogens with two attached hydrogens (primary N) is 1. The molecule has 1 aliphatic rings. The van der Waals surface area contributed by atoms with Gasteiger partial charge in [-0.05, 0) is 26.3 Å². The van der Waals surface area contributed by atoms with E-state index in [9.17, 15) is 0 Å². The Hall–Kier alpha value is -0.570. The second kappa shape index (κ2) is 5.22. The van der Waals surface area contributed by atoms with E-state index >= 15 is 0 Å². The molecule has 1 unspecified atom stereocenters. The summed E-state index contributed by atoms with van der Waals surface area (Å²) in [5.74, 6) is 0.316. The largest absolute Gasteiger partial charge is 0.388 e. The zero-order chi connectivity index (χ0) is 9.68. The molecular weight excluding hydrogens is 162 g/mol. The average molecular weight is 183 g/mol. The van der Waals surface area contributed by atoms with Gasteiger partial charge in [0.1, 0.15) is 0 Å². The van der Waals surface area contributed by atoms with Crippen LogP contribution in [0.2, 0.25) is 0 Å². The van der Waals surface area contributed by atoms with Crippen LogP contribution in [-0.4, -0.2) is 29.9 Å². The van der Waals surface area contributed by atoms with Crippen molar-refractivity contribution in [1.29, 1.82) is 5.41 Å². The summed E-state index contributed by atoms with van der Waals surface area (Å²) in [6, 6.07) is 0.682. The van der Waals surface area contributed by atoms with Crippen molar-refractivity contribution in [1.82, 2.24) is 4.90 Å². The summed E-state index contributed by atoms with van der Waals surface area (Å²) in [5, 5.41) is 7.18. The predicted molar refractivity (Wildman–Crippen MR) is 56.0 cm³/mol. The van der Waals surface area contributed by atoms with Gasteiger partial charge in [0.05, 0.1) is 5.84 Å². The number of nitrogens with one attached hydrogen (secondary N) is 1. The number of amidine groups is 1. The van der Waals surface area contributed by atoms with Crippen molar-refractivity contribution < 1.29 is 0 Å². The van der Waals surface area contributed by atoms with Gasteiger partial charge in [-0.2, -0.15) is 0 Å². The van der Waals surface area contributed by atoms with Crippen molar-refractivity contribution >= 4 is 5.84 Å².